The van der Waals surface area contributed by atoms with Gasteiger partial charge in [0.15, 0.2) is 0 Å². The zero-order valence-electron chi connectivity index (χ0n) is 9.95. The van der Waals surface area contributed by atoms with Crippen molar-refractivity contribution in [3.8, 4) is 0 Å². The van der Waals surface area contributed by atoms with Crippen molar-refractivity contribution in [2.24, 2.45) is 0 Å². The molecule has 0 fully saturated rings. The molecule has 2 aromatic heterocycles. The molecule has 0 saturated carbocycles. The first-order valence-corrected chi connectivity index (χ1v) is 6.16. The van der Waals surface area contributed by atoms with Crippen LogP contribution in [0.5, 0.6) is 0 Å². The van der Waals surface area contributed by atoms with E-state index in [2.05, 4.69) is 9.97 Å². The van der Waals surface area contributed by atoms with E-state index in [0.29, 0.717) is 22.5 Å². The third kappa shape index (κ3) is 2.22. The molecule has 0 amide bonds. The average molecular weight is 272 g/mol. The topological polar surface area (TPSA) is 47.8 Å². The summed E-state index contributed by atoms with van der Waals surface area (Å²) in [6.07, 6.45) is 4.94. The predicted molar refractivity (Wildman–Crippen MR) is 74.4 cm³/mol. The number of nitrogens with zero attached hydrogens (tertiary/aromatic N) is 3. The third-order valence-corrected chi connectivity index (χ3v) is 3.22. The molecule has 3 aromatic rings. The van der Waals surface area contributed by atoms with Crippen LogP contribution in [0.3, 0.4) is 0 Å². The molecule has 4 nitrogen and oxygen atoms in total. The Labute approximate surface area is 114 Å². The van der Waals surface area contributed by atoms with Gasteiger partial charge in [0.25, 0.3) is 5.56 Å². The van der Waals surface area contributed by atoms with E-state index in [1.54, 1.807) is 41.5 Å². The maximum atomic E-state index is 12.4. The normalized spacial score (nSPS) is 10.8. The number of halogens is 1. The van der Waals surface area contributed by atoms with Crippen LogP contribution < -0.4 is 5.56 Å². The van der Waals surface area contributed by atoms with Gasteiger partial charge in [-0.3, -0.25) is 14.3 Å². The van der Waals surface area contributed by atoms with Crippen LogP contribution in [-0.4, -0.2) is 14.5 Å². The van der Waals surface area contributed by atoms with Crippen LogP contribution in [0.15, 0.2) is 53.8 Å². The molecule has 19 heavy (non-hydrogen) atoms. The van der Waals surface area contributed by atoms with E-state index in [9.17, 15) is 4.79 Å². The van der Waals surface area contributed by atoms with Crippen molar-refractivity contribution in [2.45, 2.75) is 6.54 Å². The zero-order chi connectivity index (χ0) is 13.2. The smallest absolute Gasteiger partial charge is 0.263 e. The summed E-state index contributed by atoms with van der Waals surface area (Å²) in [6.45, 7) is 0.454. The van der Waals surface area contributed by atoms with Crippen LogP contribution >= 0.6 is 11.6 Å². The minimum absolute atomic E-state index is 0.132. The molecule has 0 radical (unpaired) electrons. The summed E-state index contributed by atoms with van der Waals surface area (Å²) < 4.78 is 1.55. The Morgan fingerprint density at radius 3 is 2.74 bits per heavy atom. The molecule has 0 aliphatic carbocycles. The number of benzene rings is 1. The van der Waals surface area contributed by atoms with Gasteiger partial charge in [0.2, 0.25) is 0 Å². The fourth-order valence-electron chi connectivity index (χ4n) is 1.96. The van der Waals surface area contributed by atoms with E-state index < -0.39 is 0 Å². The lowest BCUT2D eigenvalue weighted by Crippen LogP contribution is -2.21. The largest absolute Gasteiger partial charge is 0.294 e. The first-order valence-electron chi connectivity index (χ1n) is 5.78. The molecule has 0 saturated heterocycles. The summed E-state index contributed by atoms with van der Waals surface area (Å²) in [5.41, 5.74) is 1.47. The van der Waals surface area contributed by atoms with Crippen LogP contribution in [0.1, 0.15) is 5.56 Å². The first kappa shape index (κ1) is 11.9. The van der Waals surface area contributed by atoms with Gasteiger partial charge in [-0.1, -0.05) is 17.7 Å². The van der Waals surface area contributed by atoms with Crippen molar-refractivity contribution < 1.29 is 0 Å². The molecule has 1 aromatic carbocycles. The van der Waals surface area contributed by atoms with Crippen LogP contribution in [0.25, 0.3) is 10.9 Å². The Bertz CT molecular complexity index is 784. The van der Waals surface area contributed by atoms with Crippen molar-refractivity contribution in [1.29, 1.82) is 0 Å². The third-order valence-electron chi connectivity index (χ3n) is 2.90. The number of rotatable bonds is 2. The maximum Gasteiger partial charge on any atom is 0.263 e. The van der Waals surface area contributed by atoms with Gasteiger partial charge in [-0.05, 0) is 29.8 Å². The number of pyridine rings is 1. The lowest BCUT2D eigenvalue weighted by molar-refractivity contribution is 0.747. The fraction of sp³-hybridized carbons (Fsp3) is 0.0714. The molecular formula is C14H10ClN3O. The van der Waals surface area contributed by atoms with E-state index in [-0.39, 0.29) is 5.56 Å². The van der Waals surface area contributed by atoms with Gasteiger partial charge >= 0.3 is 0 Å². The summed E-state index contributed by atoms with van der Waals surface area (Å²) in [5.74, 6) is 0. The van der Waals surface area contributed by atoms with Gasteiger partial charge in [-0.15, -0.1) is 0 Å². The molecule has 0 N–H and O–H groups in total. The van der Waals surface area contributed by atoms with E-state index in [1.807, 2.05) is 12.1 Å². The summed E-state index contributed by atoms with van der Waals surface area (Å²) in [5, 5.41) is 0.889. The van der Waals surface area contributed by atoms with Crippen molar-refractivity contribution in [1.82, 2.24) is 14.5 Å². The van der Waals surface area contributed by atoms with Crippen LogP contribution in [-0.2, 0) is 6.54 Å². The Morgan fingerprint density at radius 2 is 1.95 bits per heavy atom. The lowest BCUT2D eigenvalue weighted by atomic mass is 10.2. The van der Waals surface area contributed by atoms with E-state index in [0.717, 1.165) is 5.56 Å². The molecule has 0 bridgehead atoms. The van der Waals surface area contributed by atoms with E-state index in [4.69, 9.17) is 11.6 Å². The van der Waals surface area contributed by atoms with Crippen molar-refractivity contribution in [2.75, 3.05) is 0 Å². The van der Waals surface area contributed by atoms with Crippen LogP contribution in [0, 0.1) is 0 Å². The SMILES string of the molecule is O=c1c2c(Cl)cccc2ncn1Cc1ccncc1. The molecule has 0 aliphatic rings. The zero-order valence-corrected chi connectivity index (χ0v) is 10.7. The standard InChI is InChI=1S/C14H10ClN3O/c15-11-2-1-3-12-13(11)14(19)18(9-17-12)8-10-4-6-16-7-5-10/h1-7,9H,8H2. The monoisotopic (exact) mass is 271 g/mol. The first-order chi connectivity index (χ1) is 9.25. The van der Waals surface area contributed by atoms with Crippen molar-refractivity contribution in [3.63, 3.8) is 0 Å². The molecule has 94 valence electrons. The Morgan fingerprint density at radius 1 is 1.16 bits per heavy atom. The second-order valence-electron chi connectivity index (χ2n) is 4.17. The summed E-state index contributed by atoms with van der Waals surface area (Å²) in [7, 11) is 0. The van der Waals surface area contributed by atoms with E-state index >= 15 is 0 Å². The summed E-state index contributed by atoms with van der Waals surface area (Å²) >= 11 is 6.07. The number of hydrogen-bond acceptors (Lipinski definition) is 3. The fourth-order valence-corrected chi connectivity index (χ4v) is 2.21. The van der Waals surface area contributed by atoms with E-state index in [1.165, 1.54) is 0 Å². The number of fused-ring (bicyclic) bond motifs is 1. The van der Waals surface area contributed by atoms with Gasteiger partial charge in [0.05, 0.1) is 28.8 Å². The predicted octanol–water partition coefficient (Wildman–Crippen LogP) is 2.49. The average Bonchev–Trinajstić information content (AvgIpc) is 2.43. The molecule has 3 rings (SSSR count). The van der Waals surface area contributed by atoms with Gasteiger partial charge in [-0.2, -0.15) is 0 Å². The summed E-state index contributed by atoms with van der Waals surface area (Å²) in [6, 6.07) is 8.99. The molecule has 0 atom stereocenters. The highest BCUT2D eigenvalue weighted by atomic mass is 35.5. The minimum Gasteiger partial charge on any atom is -0.294 e. The highest BCUT2D eigenvalue weighted by Crippen LogP contribution is 2.17. The lowest BCUT2D eigenvalue weighted by Gasteiger charge is -2.07. The van der Waals surface area contributed by atoms with Crippen LogP contribution in [0.4, 0.5) is 0 Å². The number of aromatic nitrogens is 3. The highest BCUT2D eigenvalue weighted by molar-refractivity contribution is 6.35. The second-order valence-corrected chi connectivity index (χ2v) is 4.57. The molecule has 0 aliphatic heterocycles. The molecule has 0 spiro atoms. The van der Waals surface area contributed by atoms with Gasteiger partial charge in [0.1, 0.15) is 0 Å². The molecule has 0 unspecified atom stereocenters. The van der Waals surface area contributed by atoms with Gasteiger partial charge in [-0.25, -0.2) is 4.98 Å². The Hall–Kier alpha value is -2.20. The Balaban J connectivity index is 2.13. The minimum atomic E-state index is -0.132. The highest BCUT2D eigenvalue weighted by Gasteiger charge is 2.07. The van der Waals surface area contributed by atoms with Gasteiger partial charge in [0, 0.05) is 12.4 Å². The maximum absolute atomic E-state index is 12.4. The van der Waals surface area contributed by atoms with Crippen molar-refractivity contribution in [3.05, 3.63) is 70.0 Å². The summed E-state index contributed by atoms with van der Waals surface area (Å²) in [4.78, 5) is 20.6. The second kappa shape index (κ2) is 4.82. The van der Waals surface area contributed by atoms with Crippen molar-refractivity contribution >= 4 is 22.5 Å². The van der Waals surface area contributed by atoms with Gasteiger partial charge < -0.3 is 0 Å². The van der Waals surface area contributed by atoms with Crippen LogP contribution in [0.2, 0.25) is 5.02 Å². The number of hydrogen-bond donors (Lipinski definition) is 0. The molecule has 5 heteroatoms. The molecule has 2 heterocycles. The quantitative estimate of drug-likeness (QED) is 0.719. The Kier molecular flexibility index (Phi) is 3.01. The molecular weight excluding hydrogens is 262 g/mol.